The lowest BCUT2D eigenvalue weighted by molar-refractivity contribution is -0.385. The number of hydrazone groups is 1. The second-order valence-electron chi connectivity index (χ2n) is 9.04. The van der Waals surface area contributed by atoms with Crippen molar-refractivity contribution in [3.63, 3.8) is 0 Å². The van der Waals surface area contributed by atoms with E-state index in [-0.39, 0.29) is 40.0 Å². The van der Waals surface area contributed by atoms with Crippen LogP contribution in [0.4, 0.5) is 11.4 Å². The third-order valence-corrected chi connectivity index (χ3v) is 6.98. The minimum absolute atomic E-state index is 0.0480. The Kier molecular flexibility index (Phi) is 6.05. The molecule has 36 heavy (non-hydrogen) atoms. The molecule has 1 aliphatic heterocycles. The Morgan fingerprint density at radius 3 is 2.44 bits per heavy atom. The van der Waals surface area contributed by atoms with Gasteiger partial charge < -0.3 is 10.1 Å². The molecule has 2 bridgehead atoms. The Morgan fingerprint density at radius 2 is 1.83 bits per heavy atom. The number of allylic oxidation sites excluding steroid dienone is 2. The van der Waals surface area contributed by atoms with E-state index >= 15 is 0 Å². The smallest absolute Gasteiger partial charge is 0.313 e. The van der Waals surface area contributed by atoms with Crippen LogP contribution >= 0.6 is 11.6 Å². The van der Waals surface area contributed by atoms with E-state index in [9.17, 15) is 24.5 Å². The highest BCUT2D eigenvalue weighted by Gasteiger charge is 2.59. The molecule has 0 aromatic heterocycles. The van der Waals surface area contributed by atoms with Crippen molar-refractivity contribution >= 4 is 46.9 Å². The number of benzene rings is 2. The van der Waals surface area contributed by atoms with E-state index in [1.165, 1.54) is 12.3 Å². The van der Waals surface area contributed by atoms with Gasteiger partial charge in [0.1, 0.15) is 0 Å². The van der Waals surface area contributed by atoms with Crippen LogP contribution < -0.4 is 10.1 Å². The number of nitro benzene ring substituents is 1. The van der Waals surface area contributed by atoms with Crippen molar-refractivity contribution in [2.45, 2.75) is 13.3 Å². The van der Waals surface area contributed by atoms with Gasteiger partial charge in [0.25, 0.3) is 17.7 Å². The lowest BCUT2D eigenvalue weighted by atomic mass is 9.85. The number of nitrogens with one attached hydrogen (secondary N) is 1. The minimum atomic E-state index is -0.698. The Labute approximate surface area is 210 Å². The van der Waals surface area contributed by atoms with Gasteiger partial charge in [0, 0.05) is 17.3 Å². The zero-order chi connectivity index (χ0) is 25.6. The minimum Gasteiger partial charge on any atom is -0.476 e. The Morgan fingerprint density at radius 1 is 1.19 bits per heavy atom. The lowest BCUT2D eigenvalue weighted by Crippen LogP contribution is -2.28. The summed E-state index contributed by atoms with van der Waals surface area (Å²) >= 11 is 6.24. The number of hydrogen-bond donors (Lipinski definition) is 1. The van der Waals surface area contributed by atoms with Gasteiger partial charge in [-0.05, 0) is 43.4 Å². The number of hydrogen-bond acceptors (Lipinski definition) is 7. The normalized spacial score (nSPS) is 24.0. The summed E-state index contributed by atoms with van der Waals surface area (Å²) in [4.78, 5) is 48.7. The van der Waals surface area contributed by atoms with Crippen molar-refractivity contribution in [1.29, 1.82) is 0 Å². The molecule has 4 atom stereocenters. The van der Waals surface area contributed by atoms with Crippen molar-refractivity contribution in [1.82, 2.24) is 5.01 Å². The van der Waals surface area contributed by atoms with Gasteiger partial charge in [-0.1, -0.05) is 41.4 Å². The number of imide groups is 1. The molecular weight excluding hydrogens is 488 g/mol. The molecule has 2 aliphatic carbocycles. The van der Waals surface area contributed by atoms with E-state index in [1.807, 2.05) is 31.2 Å². The molecule has 1 saturated carbocycles. The maximum absolute atomic E-state index is 12.8. The molecule has 3 amide bonds. The number of halogens is 1. The first-order valence-electron chi connectivity index (χ1n) is 11.3. The maximum atomic E-state index is 12.8. The van der Waals surface area contributed by atoms with Crippen LogP contribution in [0.15, 0.2) is 53.7 Å². The number of nitrogens with zero attached hydrogens (tertiary/aromatic N) is 3. The standard InChI is InChI=1S/C25H21ClN4O6/c1-13-2-6-17(7-3-13)28-20(31)12-36-23-18(26)8-14(9-19(23)30(34)35)11-27-29-24(32)21-15-4-5-16(10-15)22(21)25(29)33/h2-9,11,15-16,21-22H,10,12H2,1H3,(H,28,31)/t15-,16-,21-,22+/m0/s1. The zero-order valence-electron chi connectivity index (χ0n) is 19.1. The molecule has 11 heteroatoms. The predicted molar refractivity (Wildman–Crippen MR) is 131 cm³/mol. The molecule has 5 rings (SSSR count). The molecule has 184 valence electrons. The van der Waals surface area contributed by atoms with Gasteiger partial charge in [0.15, 0.2) is 6.61 Å². The Bertz CT molecular complexity index is 1310. The van der Waals surface area contributed by atoms with E-state index in [0.29, 0.717) is 5.69 Å². The van der Waals surface area contributed by atoms with E-state index in [0.717, 1.165) is 23.1 Å². The number of amides is 3. The van der Waals surface area contributed by atoms with E-state index in [1.54, 1.807) is 12.1 Å². The van der Waals surface area contributed by atoms with Gasteiger partial charge in [0.05, 0.1) is 28.0 Å². The van der Waals surface area contributed by atoms with E-state index in [2.05, 4.69) is 10.4 Å². The summed E-state index contributed by atoms with van der Waals surface area (Å²) in [5.41, 5.74) is 1.30. The fourth-order valence-corrected chi connectivity index (χ4v) is 5.33. The highest BCUT2D eigenvalue weighted by atomic mass is 35.5. The summed E-state index contributed by atoms with van der Waals surface area (Å²) in [6.07, 6.45) is 5.94. The van der Waals surface area contributed by atoms with Crippen LogP contribution in [-0.2, 0) is 14.4 Å². The molecule has 0 spiro atoms. The maximum Gasteiger partial charge on any atom is 0.313 e. The molecule has 2 aromatic rings. The number of rotatable bonds is 7. The summed E-state index contributed by atoms with van der Waals surface area (Å²) in [6.45, 7) is 1.41. The summed E-state index contributed by atoms with van der Waals surface area (Å²) in [5.74, 6) is -2.22. The van der Waals surface area contributed by atoms with Crippen LogP contribution in [0.2, 0.25) is 5.02 Å². The van der Waals surface area contributed by atoms with Gasteiger partial charge in [-0.25, -0.2) is 0 Å². The van der Waals surface area contributed by atoms with Crippen molar-refractivity contribution < 1.29 is 24.0 Å². The molecule has 2 fully saturated rings. The van der Waals surface area contributed by atoms with Gasteiger partial charge in [-0.3, -0.25) is 24.5 Å². The summed E-state index contributed by atoms with van der Waals surface area (Å²) in [6, 6.07) is 9.61. The van der Waals surface area contributed by atoms with Crippen LogP contribution in [0.1, 0.15) is 17.5 Å². The number of carbonyl (C=O) groups excluding carboxylic acids is 3. The molecule has 0 radical (unpaired) electrons. The molecule has 10 nitrogen and oxygen atoms in total. The molecule has 3 aliphatic rings. The predicted octanol–water partition coefficient (Wildman–Crippen LogP) is 3.72. The Balaban J connectivity index is 1.29. The number of fused-ring (bicyclic) bond motifs is 5. The highest BCUT2D eigenvalue weighted by Crippen LogP contribution is 2.52. The van der Waals surface area contributed by atoms with Gasteiger partial charge in [0.2, 0.25) is 5.75 Å². The topological polar surface area (TPSA) is 131 Å². The monoisotopic (exact) mass is 508 g/mol. The number of carbonyl (C=O) groups is 3. The third kappa shape index (κ3) is 4.24. The van der Waals surface area contributed by atoms with Crippen LogP contribution in [0.25, 0.3) is 0 Å². The second-order valence-corrected chi connectivity index (χ2v) is 9.45. The molecular formula is C25H21ClN4O6. The van der Waals surface area contributed by atoms with Crippen molar-refractivity contribution in [3.05, 3.63) is 74.8 Å². The summed E-state index contributed by atoms with van der Waals surface area (Å²) in [5, 5.41) is 19.1. The van der Waals surface area contributed by atoms with Crippen LogP contribution in [0, 0.1) is 40.7 Å². The van der Waals surface area contributed by atoms with Crippen LogP contribution in [0.3, 0.4) is 0 Å². The molecule has 0 unspecified atom stereocenters. The van der Waals surface area contributed by atoms with Crippen molar-refractivity contribution in [2.75, 3.05) is 11.9 Å². The quantitative estimate of drug-likeness (QED) is 0.199. The van der Waals surface area contributed by atoms with E-state index < -0.39 is 35.0 Å². The zero-order valence-corrected chi connectivity index (χ0v) is 19.8. The average Bonchev–Trinajstić information content (AvgIpc) is 3.52. The summed E-state index contributed by atoms with van der Waals surface area (Å²) < 4.78 is 5.38. The summed E-state index contributed by atoms with van der Waals surface area (Å²) in [7, 11) is 0. The number of ether oxygens (including phenoxy) is 1. The SMILES string of the molecule is Cc1ccc(NC(=O)COc2c(Cl)cc(C=NN3C(=O)[C@@H]4[C@H](C3=O)[C@H]3C=C[C@H]4C3)cc2[N+](=O)[O-])cc1. The van der Waals surface area contributed by atoms with Gasteiger partial charge in [-0.15, -0.1) is 0 Å². The van der Waals surface area contributed by atoms with E-state index in [4.69, 9.17) is 16.3 Å². The molecule has 1 N–H and O–H groups in total. The first kappa shape index (κ1) is 23.7. The highest BCUT2D eigenvalue weighted by molar-refractivity contribution is 6.32. The molecule has 1 saturated heterocycles. The second kappa shape index (κ2) is 9.19. The number of nitro groups is 1. The van der Waals surface area contributed by atoms with Crippen molar-refractivity contribution in [3.8, 4) is 5.75 Å². The average molecular weight is 509 g/mol. The fourth-order valence-electron chi connectivity index (χ4n) is 5.05. The van der Waals surface area contributed by atoms with Crippen LogP contribution in [0.5, 0.6) is 5.75 Å². The van der Waals surface area contributed by atoms with Gasteiger partial charge >= 0.3 is 5.69 Å². The fraction of sp³-hybridized carbons (Fsp3) is 0.280. The first-order valence-corrected chi connectivity index (χ1v) is 11.7. The largest absolute Gasteiger partial charge is 0.476 e. The van der Waals surface area contributed by atoms with Crippen molar-refractivity contribution in [2.24, 2.45) is 28.8 Å². The number of anilines is 1. The molecule has 1 heterocycles. The lowest BCUT2D eigenvalue weighted by Gasteiger charge is -2.13. The van der Waals surface area contributed by atoms with Crippen LogP contribution in [-0.4, -0.2) is 40.5 Å². The van der Waals surface area contributed by atoms with Gasteiger partial charge in [-0.2, -0.15) is 10.1 Å². The number of aryl methyl sites for hydroxylation is 1. The Hall–Kier alpha value is -4.05. The first-order chi connectivity index (χ1) is 17.2. The third-order valence-electron chi connectivity index (χ3n) is 6.70. The molecule has 2 aromatic carbocycles.